The lowest BCUT2D eigenvalue weighted by molar-refractivity contribution is 0.102. The molecule has 0 saturated carbocycles. The fourth-order valence-corrected chi connectivity index (χ4v) is 2.63. The molecular weight excluding hydrogens is 342 g/mol. The summed E-state index contributed by atoms with van der Waals surface area (Å²) in [5, 5.41) is 3.40. The Kier molecular flexibility index (Phi) is 4.68. The molecule has 0 aliphatic heterocycles. The maximum absolute atomic E-state index is 12.3. The van der Waals surface area contributed by atoms with Crippen LogP contribution in [0.25, 0.3) is 0 Å². The van der Waals surface area contributed by atoms with E-state index in [1.165, 1.54) is 0 Å². The molecule has 0 heterocycles. The van der Waals surface area contributed by atoms with Crippen LogP contribution in [0.15, 0.2) is 40.9 Å². The molecule has 0 spiro atoms. The normalized spacial score (nSPS) is 10.2. The molecule has 3 nitrogen and oxygen atoms in total. The highest BCUT2D eigenvalue weighted by Crippen LogP contribution is 2.27. The van der Waals surface area contributed by atoms with Crippen LogP contribution < -0.4 is 10.1 Å². The summed E-state index contributed by atoms with van der Waals surface area (Å²) in [6, 6.07) is 10.6. The summed E-state index contributed by atoms with van der Waals surface area (Å²) in [7, 11) is 1.57. The molecule has 0 aromatic heterocycles. The number of benzene rings is 2. The topological polar surface area (TPSA) is 38.3 Å². The number of hydrogen-bond donors (Lipinski definition) is 1. The lowest BCUT2D eigenvalue weighted by Gasteiger charge is -2.11. The van der Waals surface area contributed by atoms with Crippen molar-refractivity contribution in [3.8, 4) is 5.75 Å². The van der Waals surface area contributed by atoms with Crippen molar-refractivity contribution in [3.63, 3.8) is 0 Å². The van der Waals surface area contributed by atoms with Crippen LogP contribution in [0.3, 0.4) is 0 Å². The minimum absolute atomic E-state index is 0.226. The minimum Gasteiger partial charge on any atom is -0.495 e. The molecule has 1 amide bonds. The van der Waals surface area contributed by atoms with Crippen molar-refractivity contribution in [2.24, 2.45) is 0 Å². The van der Waals surface area contributed by atoms with E-state index < -0.39 is 0 Å². The van der Waals surface area contributed by atoms with Crippen LogP contribution in [0.2, 0.25) is 5.02 Å². The Morgan fingerprint density at radius 1 is 1.25 bits per heavy atom. The number of halogens is 2. The summed E-state index contributed by atoms with van der Waals surface area (Å²) in [5.74, 6) is 0.402. The zero-order chi connectivity index (χ0) is 14.7. The van der Waals surface area contributed by atoms with Gasteiger partial charge in [-0.3, -0.25) is 4.79 Å². The summed E-state index contributed by atoms with van der Waals surface area (Å²) in [6.07, 6.45) is 0. The van der Waals surface area contributed by atoms with Gasteiger partial charge in [-0.05, 0) is 58.7 Å². The number of ether oxygens (including phenoxy) is 1. The van der Waals surface area contributed by atoms with Gasteiger partial charge in [-0.2, -0.15) is 0 Å². The van der Waals surface area contributed by atoms with Crippen LogP contribution >= 0.6 is 27.5 Å². The Morgan fingerprint density at radius 3 is 2.65 bits per heavy atom. The summed E-state index contributed by atoms with van der Waals surface area (Å²) >= 11 is 9.20. The van der Waals surface area contributed by atoms with E-state index in [4.69, 9.17) is 16.3 Å². The Balaban J connectivity index is 2.28. The number of carbonyl (C=O) groups excluding carboxylic acids is 1. The third kappa shape index (κ3) is 3.32. The van der Waals surface area contributed by atoms with Crippen molar-refractivity contribution in [3.05, 3.63) is 57.0 Å². The molecule has 0 atom stereocenters. The fourth-order valence-electron chi connectivity index (χ4n) is 1.76. The van der Waals surface area contributed by atoms with Crippen LogP contribution in [-0.2, 0) is 0 Å². The van der Waals surface area contributed by atoms with Crippen LogP contribution in [0, 0.1) is 6.92 Å². The van der Waals surface area contributed by atoms with Gasteiger partial charge in [-0.15, -0.1) is 0 Å². The van der Waals surface area contributed by atoms with E-state index >= 15 is 0 Å². The highest BCUT2D eigenvalue weighted by Gasteiger charge is 2.13. The van der Waals surface area contributed by atoms with E-state index in [2.05, 4.69) is 21.2 Å². The molecule has 0 aliphatic carbocycles. The van der Waals surface area contributed by atoms with E-state index in [9.17, 15) is 4.79 Å². The smallest absolute Gasteiger partial charge is 0.256 e. The van der Waals surface area contributed by atoms with E-state index in [1.54, 1.807) is 25.3 Å². The van der Waals surface area contributed by atoms with Crippen molar-refractivity contribution in [2.45, 2.75) is 6.92 Å². The predicted octanol–water partition coefficient (Wildman–Crippen LogP) is 4.67. The van der Waals surface area contributed by atoms with Gasteiger partial charge in [-0.25, -0.2) is 0 Å². The second kappa shape index (κ2) is 6.29. The fraction of sp³-hybridized carbons (Fsp3) is 0.133. The van der Waals surface area contributed by atoms with Crippen molar-refractivity contribution >= 4 is 39.1 Å². The van der Waals surface area contributed by atoms with E-state index in [-0.39, 0.29) is 5.91 Å². The van der Waals surface area contributed by atoms with Gasteiger partial charge in [-0.1, -0.05) is 17.7 Å². The molecule has 20 heavy (non-hydrogen) atoms. The van der Waals surface area contributed by atoms with Gasteiger partial charge in [0.25, 0.3) is 5.91 Å². The number of methoxy groups -OCH3 is 1. The highest BCUT2D eigenvalue weighted by atomic mass is 79.9. The Bertz CT molecular complexity index is 658. The Morgan fingerprint density at radius 2 is 2.00 bits per heavy atom. The predicted molar refractivity (Wildman–Crippen MR) is 84.8 cm³/mol. The van der Waals surface area contributed by atoms with Crippen LogP contribution in [0.4, 0.5) is 5.69 Å². The second-order valence-electron chi connectivity index (χ2n) is 4.28. The number of nitrogens with one attached hydrogen (secondary N) is 1. The Labute approximate surface area is 131 Å². The second-order valence-corrected chi connectivity index (χ2v) is 5.57. The Hall–Kier alpha value is -1.52. The molecule has 0 unspecified atom stereocenters. The summed E-state index contributed by atoms with van der Waals surface area (Å²) in [5.41, 5.74) is 2.20. The molecule has 0 bridgehead atoms. The van der Waals surface area contributed by atoms with E-state index in [0.717, 1.165) is 5.56 Å². The largest absolute Gasteiger partial charge is 0.495 e. The lowest BCUT2D eigenvalue weighted by Crippen LogP contribution is -2.13. The van der Waals surface area contributed by atoms with E-state index in [0.29, 0.717) is 26.5 Å². The molecule has 2 aromatic carbocycles. The quantitative estimate of drug-likeness (QED) is 0.869. The van der Waals surface area contributed by atoms with Crippen molar-refractivity contribution < 1.29 is 9.53 Å². The number of aryl methyl sites for hydroxylation is 1. The zero-order valence-electron chi connectivity index (χ0n) is 11.0. The molecule has 0 saturated heterocycles. The maximum atomic E-state index is 12.3. The molecule has 0 fully saturated rings. The first kappa shape index (κ1) is 14.9. The first-order valence-corrected chi connectivity index (χ1v) is 7.09. The molecule has 0 radical (unpaired) electrons. The van der Waals surface area contributed by atoms with Crippen LogP contribution in [0.5, 0.6) is 5.75 Å². The van der Waals surface area contributed by atoms with Crippen molar-refractivity contribution in [2.75, 3.05) is 12.4 Å². The number of rotatable bonds is 3. The molecule has 2 rings (SSSR count). The molecule has 1 N–H and O–H groups in total. The van der Waals surface area contributed by atoms with Crippen molar-refractivity contribution in [1.82, 2.24) is 0 Å². The lowest BCUT2D eigenvalue weighted by atomic mass is 10.2. The highest BCUT2D eigenvalue weighted by molar-refractivity contribution is 9.10. The number of amides is 1. The first-order valence-electron chi connectivity index (χ1n) is 5.92. The molecular formula is C15H13BrClNO2. The SMILES string of the molecule is COc1cc(C)ccc1NC(=O)c1ccc(Cl)cc1Br. The molecule has 2 aromatic rings. The average molecular weight is 355 g/mol. The van der Waals surface area contributed by atoms with Gasteiger partial charge in [0, 0.05) is 9.50 Å². The van der Waals surface area contributed by atoms with Gasteiger partial charge in [0.2, 0.25) is 0 Å². The van der Waals surface area contributed by atoms with Crippen molar-refractivity contribution in [1.29, 1.82) is 0 Å². The van der Waals surface area contributed by atoms with Gasteiger partial charge < -0.3 is 10.1 Å². The van der Waals surface area contributed by atoms with E-state index in [1.807, 2.05) is 25.1 Å². The first-order chi connectivity index (χ1) is 9.51. The molecule has 0 aliphatic rings. The monoisotopic (exact) mass is 353 g/mol. The summed E-state index contributed by atoms with van der Waals surface area (Å²) in [6.45, 7) is 1.96. The van der Waals surface area contributed by atoms with Crippen LogP contribution in [0.1, 0.15) is 15.9 Å². The number of hydrogen-bond acceptors (Lipinski definition) is 2. The third-order valence-electron chi connectivity index (χ3n) is 2.78. The third-order valence-corrected chi connectivity index (χ3v) is 3.67. The van der Waals surface area contributed by atoms with Gasteiger partial charge >= 0.3 is 0 Å². The molecule has 5 heteroatoms. The van der Waals surface area contributed by atoms with Gasteiger partial charge in [0.05, 0.1) is 18.4 Å². The van der Waals surface area contributed by atoms with Crippen LogP contribution in [-0.4, -0.2) is 13.0 Å². The zero-order valence-corrected chi connectivity index (χ0v) is 13.4. The summed E-state index contributed by atoms with van der Waals surface area (Å²) in [4.78, 5) is 12.3. The maximum Gasteiger partial charge on any atom is 0.256 e. The molecule has 104 valence electrons. The average Bonchev–Trinajstić information content (AvgIpc) is 2.40. The number of carbonyl (C=O) groups is 1. The van der Waals surface area contributed by atoms with Gasteiger partial charge in [0.15, 0.2) is 0 Å². The summed E-state index contributed by atoms with van der Waals surface area (Å²) < 4.78 is 5.91. The standard InChI is InChI=1S/C15H13BrClNO2/c1-9-3-6-13(14(7-9)20-2)18-15(19)11-5-4-10(17)8-12(11)16/h3-8H,1-2H3,(H,18,19). The minimum atomic E-state index is -0.226. The van der Waals surface area contributed by atoms with Gasteiger partial charge in [0.1, 0.15) is 5.75 Å². The number of anilines is 1.